The molecule has 0 radical (unpaired) electrons. The van der Waals surface area contributed by atoms with Gasteiger partial charge in [-0.25, -0.2) is 8.42 Å². The summed E-state index contributed by atoms with van der Waals surface area (Å²) in [5.74, 6) is 0.271. The first-order valence-electron chi connectivity index (χ1n) is 10.4. The SMILES string of the molecule is Cc1cc(C(=O)NC(C)c2ccc(S(C)(=O)=O)cc2)c(C)n1-c1cccc(C(C)C)c1. The molecule has 6 heteroatoms. The molecule has 1 N–H and O–H groups in total. The first-order chi connectivity index (χ1) is 14.5. The fourth-order valence-electron chi connectivity index (χ4n) is 3.77. The van der Waals surface area contributed by atoms with Crippen molar-refractivity contribution in [3.05, 3.63) is 82.7 Å². The van der Waals surface area contributed by atoms with Crippen molar-refractivity contribution in [2.75, 3.05) is 6.26 Å². The van der Waals surface area contributed by atoms with Gasteiger partial charge in [-0.05, 0) is 68.1 Å². The lowest BCUT2D eigenvalue weighted by Gasteiger charge is -2.16. The van der Waals surface area contributed by atoms with Gasteiger partial charge in [-0.3, -0.25) is 4.79 Å². The van der Waals surface area contributed by atoms with Crippen LogP contribution in [0.1, 0.15) is 65.6 Å². The van der Waals surface area contributed by atoms with Crippen LogP contribution < -0.4 is 5.32 Å². The molecule has 1 amide bonds. The topological polar surface area (TPSA) is 68.2 Å². The Hall–Kier alpha value is -2.86. The van der Waals surface area contributed by atoms with E-state index in [2.05, 4.69) is 41.9 Å². The fraction of sp³-hybridized carbons (Fsp3) is 0.320. The van der Waals surface area contributed by atoms with Crippen LogP contribution in [-0.4, -0.2) is 25.1 Å². The molecule has 3 aromatic rings. The first kappa shape index (κ1) is 22.8. The molecule has 0 aliphatic carbocycles. The number of nitrogens with one attached hydrogen (secondary N) is 1. The van der Waals surface area contributed by atoms with Crippen molar-refractivity contribution in [1.82, 2.24) is 9.88 Å². The summed E-state index contributed by atoms with van der Waals surface area (Å²) in [6, 6.07) is 16.7. The fourth-order valence-corrected chi connectivity index (χ4v) is 4.40. The molecule has 1 unspecified atom stereocenters. The molecule has 0 bridgehead atoms. The molecule has 0 spiro atoms. The van der Waals surface area contributed by atoms with Gasteiger partial charge in [0.2, 0.25) is 0 Å². The van der Waals surface area contributed by atoms with E-state index >= 15 is 0 Å². The second kappa shape index (κ2) is 8.71. The summed E-state index contributed by atoms with van der Waals surface area (Å²) < 4.78 is 25.4. The van der Waals surface area contributed by atoms with E-state index in [0.29, 0.717) is 11.5 Å². The second-order valence-electron chi connectivity index (χ2n) is 8.41. The molecule has 5 nitrogen and oxygen atoms in total. The smallest absolute Gasteiger partial charge is 0.253 e. The number of sulfone groups is 1. The van der Waals surface area contributed by atoms with Crippen LogP contribution in [0.5, 0.6) is 0 Å². The van der Waals surface area contributed by atoms with Gasteiger partial charge in [-0.2, -0.15) is 0 Å². The second-order valence-corrected chi connectivity index (χ2v) is 10.4. The van der Waals surface area contributed by atoms with Gasteiger partial charge in [-0.15, -0.1) is 0 Å². The third kappa shape index (κ3) is 4.90. The molecule has 0 fully saturated rings. The van der Waals surface area contributed by atoms with Crippen LogP contribution in [0.15, 0.2) is 59.5 Å². The number of benzene rings is 2. The highest BCUT2D eigenvalue weighted by Crippen LogP contribution is 2.25. The van der Waals surface area contributed by atoms with Gasteiger partial charge in [-0.1, -0.05) is 38.1 Å². The first-order valence-corrected chi connectivity index (χ1v) is 12.3. The minimum absolute atomic E-state index is 0.154. The summed E-state index contributed by atoms with van der Waals surface area (Å²) in [4.78, 5) is 13.3. The zero-order chi connectivity index (χ0) is 22.9. The molecule has 1 atom stereocenters. The van der Waals surface area contributed by atoms with Crippen LogP contribution in [0.25, 0.3) is 5.69 Å². The number of aromatic nitrogens is 1. The number of hydrogen-bond donors (Lipinski definition) is 1. The number of aryl methyl sites for hydroxylation is 1. The molecule has 0 aliphatic rings. The molecular formula is C25H30N2O3S. The van der Waals surface area contributed by atoms with E-state index in [0.717, 1.165) is 22.6 Å². The molecule has 0 saturated heterocycles. The number of nitrogens with zero attached hydrogens (tertiary/aromatic N) is 1. The highest BCUT2D eigenvalue weighted by Gasteiger charge is 2.19. The van der Waals surface area contributed by atoms with Crippen LogP contribution in [0, 0.1) is 13.8 Å². The van der Waals surface area contributed by atoms with Crippen molar-refractivity contribution in [1.29, 1.82) is 0 Å². The van der Waals surface area contributed by atoms with E-state index in [1.165, 1.54) is 11.8 Å². The number of rotatable bonds is 6. The van der Waals surface area contributed by atoms with E-state index in [-0.39, 0.29) is 16.8 Å². The Kier molecular flexibility index (Phi) is 6.41. The largest absolute Gasteiger partial charge is 0.345 e. The Bertz CT molecular complexity index is 1210. The van der Waals surface area contributed by atoms with Crippen molar-refractivity contribution in [2.45, 2.75) is 51.5 Å². The van der Waals surface area contributed by atoms with Crippen LogP contribution in [-0.2, 0) is 9.84 Å². The Labute approximate surface area is 185 Å². The third-order valence-corrected chi connectivity index (χ3v) is 6.76. The average Bonchev–Trinajstić information content (AvgIpc) is 3.01. The molecule has 164 valence electrons. The predicted octanol–water partition coefficient (Wildman–Crippen LogP) is 5.11. The molecule has 3 rings (SSSR count). The van der Waals surface area contributed by atoms with Crippen LogP contribution in [0.3, 0.4) is 0 Å². The van der Waals surface area contributed by atoms with E-state index in [1.807, 2.05) is 32.9 Å². The monoisotopic (exact) mass is 438 g/mol. The van der Waals surface area contributed by atoms with Gasteiger partial charge in [0.1, 0.15) is 0 Å². The molecule has 0 aliphatic heterocycles. The summed E-state index contributed by atoms with van der Waals surface area (Å²) in [5, 5.41) is 3.03. The number of amides is 1. The Morgan fingerprint density at radius 3 is 2.16 bits per heavy atom. The van der Waals surface area contributed by atoms with Crippen molar-refractivity contribution >= 4 is 15.7 Å². The summed E-state index contributed by atoms with van der Waals surface area (Å²) >= 11 is 0. The van der Waals surface area contributed by atoms with Crippen LogP contribution in [0.2, 0.25) is 0 Å². The Balaban J connectivity index is 1.84. The van der Waals surface area contributed by atoms with Gasteiger partial charge >= 0.3 is 0 Å². The van der Waals surface area contributed by atoms with Crippen molar-refractivity contribution in [3.8, 4) is 5.69 Å². The van der Waals surface area contributed by atoms with Gasteiger partial charge < -0.3 is 9.88 Å². The minimum atomic E-state index is -3.24. The maximum atomic E-state index is 13.0. The van der Waals surface area contributed by atoms with Crippen molar-refractivity contribution in [2.24, 2.45) is 0 Å². The maximum Gasteiger partial charge on any atom is 0.253 e. The zero-order valence-corrected chi connectivity index (χ0v) is 19.7. The molecule has 1 heterocycles. The Morgan fingerprint density at radius 2 is 1.58 bits per heavy atom. The predicted molar refractivity (Wildman–Crippen MR) is 125 cm³/mol. The Morgan fingerprint density at radius 1 is 0.935 bits per heavy atom. The molecule has 2 aromatic carbocycles. The van der Waals surface area contributed by atoms with Crippen LogP contribution in [0.4, 0.5) is 0 Å². The van der Waals surface area contributed by atoms with Crippen molar-refractivity contribution < 1.29 is 13.2 Å². The normalized spacial score (nSPS) is 12.7. The van der Waals surface area contributed by atoms with Crippen molar-refractivity contribution in [3.63, 3.8) is 0 Å². The highest BCUT2D eigenvalue weighted by molar-refractivity contribution is 7.90. The van der Waals surface area contributed by atoms with Gasteiger partial charge in [0.05, 0.1) is 16.5 Å². The molecule has 1 aromatic heterocycles. The number of carbonyl (C=O) groups is 1. The average molecular weight is 439 g/mol. The summed E-state index contributed by atoms with van der Waals surface area (Å²) in [5.41, 5.74) is 5.65. The molecular weight excluding hydrogens is 408 g/mol. The van der Waals surface area contributed by atoms with Gasteiger partial charge in [0, 0.05) is 23.3 Å². The lowest BCUT2D eigenvalue weighted by atomic mass is 10.0. The van der Waals surface area contributed by atoms with E-state index in [4.69, 9.17) is 0 Å². The molecule has 31 heavy (non-hydrogen) atoms. The summed E-state index contributed by atoms with van der Waals surface area (Å²) in [6.45, 7) is 10.2. The minimum Gasteiger partial charge on any atom is -0.345 e. The van der Waals surface area contributed by atoms with E-state index in [9.17, 15) is 13.2 Å². The van der Waals surface area contributed by atoms with Gasteiger partial charge in [0.15, 0.2) is 9.84 Å². The lowest BCUT2D eigenvalue weighted by molar-refractivity contribution is 0.0939. The van der Waals surface area contributed by atoms with E-state index in [1.54, 1.807) is 24.3 Å². The molecule has 0 saturated carbocycles. The quantitative estimate of drug-likeness (QED) is 0.581. The van der Waals surface area contributed by atoms with Gasteiger partial charge in [0.25, 0.3) is 5.91 Å². The summed E-state index contributed by atoms with van der Waals surface area (Å²) in [6.07, 6.45) is 1.18. The van der Waals surface area contributed by atoms with Crippen LogP contribution >= 0.6 is 0 Å². The number of hydrogen-bond acceptors (Lipinski definition) is 3. The maximum absolute atomic E-state index is 13.0. The third-order valence-electron chi connectivity index (χ3n) is 5.63. The summed E-state index contributed by atoms with van der Waals surface area (Å²) in [7, 11) is -3.24. The number of carbonyl (C=O) groups excluding carboxylic acids is 1. The standard InChI is InChI=1S/C25H30N2O3S/c1-16(2)21-8-7-9-22(15-21)27-17(3)14-24(19(27)5)25(28)26-18(4)20-10-12-23(13-11-20)31(6,29)30/h7-16,18H,1-6H3,(H,26,28). The lowest BCUT2D eigenvalue weighted by Crippen LogP contribution is -2.27. The highest BCUT2D eigenvalue weighted by atomic mass is 32.2. The zero-order valence-electron chi connectivity index (χ0n) is 18.9. The van der Waals surface area contributed by atoms with E-state index < -0.39 is 9.84 Å².